The third-order valence-electron chi connectivity index (χ3n) is 4.91. The number of rotatable bonds is 4. The molecule has 0 saturated carbocycles. The fourth-order valence-corrected chi connectivity index (χ4v) is 5.09. The van der Waals surface area contributed by atoms with Crippen LogP contribution in [0.15, 0.2) is 60.7 Å². The molecule has 2 aromatic rings. The topological polar surface area (TPSA) is 0 Å². The van der Waals surface area contributed by atoms with Crippen LogP contribution in [0, 0.1) is 5.92 Å². The fourth-order valence-electron chi connectivity index (χ4n) is 3.87. The van der Waals surface area contributed by atoms with Crippen LogP contribution in [0.1, 0.15) is 34.1 Å². The normalized spacial score (nSPS) is 22.6. The van der Waals surface area contributed by atoms with Crippen molar-refractivity contribution in [1.29, 1.82) is 0 Å². The Balaban J connectivity index is 1.72. The third-order valence-corrected chi connectivity index (χ3v) is 6.00. The molecule has 0 bridgehead atoms. The van der Waals surface area contributed by atoms with Crippen molar-refractivity contribution in [3.05, 3.63) is 82.9 Å². The Labute approximate surface area is 139 Å². The summed E-state index contributed by atoms with van der Waals surface area (Å²) in [6.45, 7) is 0. The summed E-state index contributed by atoms with van der Waals surface area (Å²) in [7, 11) is 0.470. The number of hydrogen-bond donors (Lipinski definition) is 0. The lowest BCUT2D eigenvalue weighted by Gasteiger charge is -2.28. The summed E-state index contributed by atoms with van der Waals surface area (Å²) in [5, 5.41) is 0. The maximum Gasteiger partial charge on any atom is 0.172 e. The first kappa shape index (κ1) is 14.0. The van der Waals surface area contributed by atoms with Gasteiger partial charge in [-0.05, 0) is 34.2 Å². The van der Waals surface area contributed by atoms with Crippen LogP contribution in [0.3, 0.4) is 0 Å². The van der Waals surface area contributed by atoms with Crippen LogP contribution < -0.4 is 0 Å². The maximum absolute atomic E-state index is 6.19. The van der Waals surface area contributed by atoms with E-state index in [1.54, 1.807) is 0 Å². The van der Waals surface area contributed by atoms with Crippen molar-refractivity contribution in [2.45, 2.75) is 17.9 Å². The van der Waals surface area contributed by atoms with Gasteiger partial charge in [-0.15, -0.1) is 0 Å². The molecule has 0 aromatic heterocycles. The number of halogens is 1. The van der Waals surface area contributed by atoms with E-state index < -0.39 is 0 Å². The summed E-state index contributed by atoms with van der Waals surface area (Å²) in [6, 6.07) is 18.6. The van der Waals surface area contributed by atoms with Gasteiger partial charge in [-0.3, -0.25) is 0 Å². The van der Waals surface area contributed by atoms with Gasteiger partial charge in [0.25, 0.3) is 0 Å². The molecule has 0 saturated heterocycles. The highest BCUT2D eigenvalue weighted by molar-refractivity contribution is 6.93. The molecule has 2 unspecified atom stereocenters. The Morgan fingerprint density at radius 3 is 1.82 bits per heavy atom. The van der Waals surface area contributed by atoms with Crippen LogP contribution in [0.4, 0.5) is 0 Å². The van der Waals surface area contributed by atoms with Crippen molar-refractivity contribution in [2.24, 2.45) is 5.92 Å². The smallest absolute Gasteiger partial charge is 0.171 e. The van der Waals surface area contributed by atoms with Gasteiger partial charge in [0, 0.05) is 11.8 Å². The lowest BCUT2D eigenvalue weighted by Crippen LogP contribution is -2.18. The number of hydrogen-bond acceptors (Lipinski definition) is 0. The Morgan fingerprint density at radius 1 is 0.818 bits per heavy atom. The van der Waals surface area contributed by atoms with E-state index in [0.717, 1.165) is 6.04 Å². The molecule has 2 aliphatic carbocycles. The van der Waals surface area contributed by atoms with Gasteiger partial charge < -0.3 is 0 Å². The molecule has 0 spiro atoms. The zero-order valence-electron chi connectivity index (χ0n) is 12.2. The third kappa shape index (κ3) is 2.29. The molecule has 2 heteroatoms. The maximum atomic E-state index is 6.19. The SMILES string of the molecule is Cl[Si]CC(C1C=Cc2ccccc21)C1C=Cc2ccccc21. The predicted octanol–water partition coefficient (Wildman–Crippen LogP) is 5.50. The first-order valence-corrected chi connectivity index (χ1v) is 9.98. The number of fused-ring (bicyclic) bond motifs is 2. The van der Waals surface area contributed by atoms with Gasteiger partial charge in [-0.1, -0.05) is 72.8 Å². The van der Waals surface area contributed by atoms with Crippen molar-refractivity contribution in [3.8, 4) is 0 Å². The van der Waals surface area contributed by atoms with Crippen LogP contribution in [-0.2, 0) is 0 Å². The van der Waals surface area contributed by atoms with Crippen LogP contribution in [0.5, 0.6) is 0 Å². The standard InChI is InChI=1S/C20H17ClSi/c21-22-13-20(18-11-9-14-5-1-3-7-16(14)18)19-12-10-15-6-2-4-8-17(15)19/h1-12,18-20H,13H2. The molecule has 2 atom stereocenters. The first-order chi connectivity index (χ1) is 10.9. The number of benzene rings is 2. The van der Waals surface area contributed by atoms with E-state index in [2.05, 4.69) is 72.8 Å². The van der Waals surface area contributed by atoms with Gasteiger partial charge in [-0.2, -0.15) is 11.1 Å². The Kier molecular flexibility index (Phi) is 3.77. The minimum absolute atomic E-state index is 0.470. The summed E-state index contributed by atoms with van der Waals surface area (Å²) in [4.78, 5) is 0. The lowest BCUT2D eigenvalue weighted by atomic mass is 9.78. The van der Waals surface area contributed by atoms with E-state index in [9.17, 15) is 0 Å². The molecule has 2 radical (unpaired) electrons. The van der Waals surface area contributed by atoms with Crippen LogP contribution >= 0.6 is 11.1 Å². The highest BCUT2D eigenvalue weighted by atomic mass is 35.6. The molecule has 2 aromatic carbocycles. The second kappa shape index (κ2) is 5.90. The lowest BCUT2D eigenvalue weighted by molar-refractivity contribution is 0.481. The van der Waals surface area contributed by atoms with E-state index in [-0.39, 0.29) is 0 Å². The van der Waals surface area contributed by atoms with Gasteiger partial charge in [0.15, 0.2) is 8.83 Å². The van der Waals surface area contributed by atoms with Crippen molar-refractivity contribution >= 4 is 32.1 Å². The zero-order valence-corrected chi connectivity index (χ0v) is 14.0. The molecule has 0 nitrogen and oxygen atoms in total. The average Bonchev–Trinajstić information content (AvgIpc) is 3.17. The minimum atomic E-state index is 0.470. The zero-order chi connectivity index (χ0) is 14.9. The Morgan fingerprint density at radius 2 is 1.32 bits per heavy atom. The van der Waals surface area contributed by atoms with Gasteiger partial charge in [0.05, 0.1) is 0 Å². The van der Waals surface area contributed by atoms with Crippen molar-refractivity contribution in [1.82, 2.24) is 0 Å². The number of allylic oxidation sites excluding steroid dienone is 2. The van der Waals surface area contributed by atoms with Crippen molar-refractivity contribution in [3.63, 3.8) is 0 Å². The minimum Gasteiger partial charge on any atom is -0.171 e. The van der Waals surface area contributed by atoms with E-state index in [4.69, 9.17) is 11.1 Å². The summed E-state index contributed by atoms with van der Waals surface area (Å²) >= 11 is 6.19. The van der Waals surface area contributed by atoms with Gasteiger partial charge in [0.2, 0.25) is 0 Å². The highest BCUT2D eigenvalue weighted by Gasteiger charge is 2.33. The monoisotopic (exact) mass is 320 g/mol. The van der Waals surface area contributed by atoms with Gasteiger partial charge in [0.1, 0.15) is 0 Å². The van der Waals surface area contributed by atoms with Crippen LogP contribution in [0.2, 0.25) is 6.04 Å². The van der Waals surface area contributed by atoms with E-state index in [1.165, 1.54) is 22.3 Å². The molecule has 0 aliphatic heterocycles. The molecule has 0 amide bonds. The predicted molar refractivity (Wildman–Crippen MR) is 96.3 cm³/mol. The molecule has 0 N–H and O–H groups in total. The van der Waals surface area contributed by atoms with Crippen LogP contribution in [0.25, 0.3) is 12.2 Å². The molecule has 2 aliphatic rings. The molecule has 22 heavy (non-hydrogen) atoms. The molecule has 0 fully saturated rings. The molecular weight excluding hydrogens is 304 g/mol. The van der Waals surface area contributed by atoms with Crippen molar-refractivity contribution in [2.75, 3.05) is 0 Å². The van der Waals surface area contributed by atoms with Crippen LogP contribution in [-0.4, -0.2) is 8.83 Å². The largest absolute Gasteiger partial charge is 0.172 e. The Bertz CT molecular complexity index is 685. The van der Waals surface area contributed by atoms with Crippen molar-refractivity contribution < 1.29 is 0 Å². The van der Waals surface area contributed by atoms with E-state index >= 15 is 0 Å². The summed E-state index contributed by atoms with van der Waals surface area (Å²) in [6.07, 6.45) is 9.30. The first-order valence-electron chi connectivity index (χ1n) is 7.76. The highest BCUT2D eigenvalue weighted by Crippen LogP contribution is 2.47. The molecule has 0 heterocycles. The fraction of sp³-hybridized carbons (Fsp3) is 0.200. The summed E-state index contributed by atoms with van der Waals surface area (Å²) in [5.74, 6) is 1.49. The molecular formula is C20H17ClSi. The average molecular weight is 321 g/mol. The van der Waals surface area contributed by atoms with Gasteiger partial charge >= 0.3 is 0 Å². The quantitative estimate of drug-likeness (QED) is 0.515. The van der Waals surface area contributed by atoms with Gasteiger partial charge in [-0.25, -0.2) is 0 Å². The summed E-state index contributed by atoms with van der Waals surface area (Å²) < 4.78 is 0. The Hall–Kier alpha value is -1.57. The second-order valence-corrected chi connectivity index (χ2v) is 7.51. The van der Waals surface area contributed by atoms with E-state index in [1.807, 2.05) is 0 Å². The summed E-state index contributed by atoms with van der Waals surface area (Å²) in [5.41, 5.74) is 5.65. The second-order valence-electron chi connectivity index (χ2n) is 6.03. The van der Waals surface area contributed by atoms with E-state index in [0.29, 0.717) is 26.6 Å². The molecule has 4 rings (SSSR count). The molecule has 108 valence electrons.